The highest BCUT2D eigenvalue weighted by atomic mass is 32.1. The minimum Gasteiger partial charge on any atom is -0.350 e. The summed E-state index contributed by atoms with van der Waals surface area (Å²) in [5, 5.41) is 6.91. The molecule has 0 saturated heterocycles. The van der Waals surface area contributed by atoms with E-state index in [1.54, 1.807) is 25.1 Å². The van der Waals surface area contributed by atoms with Crippen LogP contribution >= 0.6 is 11.3 Å². The molecule has 1 heterocycles. The fourth-order valence-electron chi connectivity index (χ4n) is 1.63. The quantitative estimate of drug-likeness (QED) is 0.887. The van der Waals surface area contributed by atoms with Crippen molar-refractivity contribution in [2.75, 3.05) is 6.54 Å². The molecule has 1 aromatic heterocycles. The third kappa shape index (κ3) is 3.85. The highest BCUT2D eigenvalue weighted by Crippen LogP contribution is 2.10. The van der Waals surface area contributed by atoms with E-state index in [2.05, 4.69) is 15.6 Å². The highest BCUT2D eigenvalue weighted by Gasteiger charge is 2.15. The number of nitrogens with one attached hydrogen (secondary N) is 2. The van der Waals surface area contributed by atoms with Crippen LogP contribution in [0.1, 0.15) is 32.8 Å². The molecule has 2 aromatic rings. The highest BCUT2D eigenvalue weighted by molar-refractivity contribution is 7.11. The molecule has 0 aliphatic heterocycles. The molecule has 0 fully saturated rings. The van der Waals surface area contributed by atoms with Gasteiger partial charge in [-0.25, -0.2) is 9.37 Å². The first-order valence-corrected chi connectivity index (χ1v) is 7.25. The number of amides is 2. The molecule has 0 aliphatic carbocycles. The van der Waals surface area contributed by atoms with Crippen molar-refractivity contribution in [1.29, 1.82) is 0 Å². The summed E-state index contributed by atoms with van der Waals surface area (Å²) in [6.07, 6.45) is 0. The summed E-state index contributed by atoms with van der Waals surface area (Å²) in [5.41, 5.74) is 0.544. The Morgan fingerprint density at radius 1 is 1.24 bits per heavy atom. The molecule has 5 nitrogen and oxygen atoms in total. The Morgan fingerprint density at radius 3 is 2.71 bits per heavy atom. The average molecular weight is 307 g/mol. The Bertz CT molecular complexity index is 657. The first-order valence-electron chi connectivity index (χ1n) is 6.37. The fourth-order valence-corrected chi connectivity index (χ4v) is 2.34. The van der Waals surface area contributed by atoms with Crippen LogP contribution in [0.5, 0.6) is 0 Å². The molecule has 0 spiro atoms. The number of nitrogens with zero attached hydrogens (tertiary/aromatic N) is 1. The molecular formula is C14H14FN3O2S. The van der Waals surface area contributed by atoms with Crippen LogP contribution in [0, 0.1) is 5.82 Å². The van der Waals surface area contributed by atoms with Crippen LogP contribution in [0.2, 0.25) is 0 Å². The zero-order valence-corrected chi connectivity index (χ0v) is 12.2. The predicted molar refractivity (Wildman–Crippen MR) is 77.7 cm³/mol. The zero-order valence-electron chi connectivity index (χ0n) is 11.4. The standard InChI is InChI=1S/C14H14FN3O2S/c1-2-16-13(20)14-18-11(8-21-14)12(19)17-7-9-5-3-4-6-10(9)15/h3-6,8H,2,7H2,1H3,(H,16,20)(H,17,19). The van der Waals surface area contributed by atoms with Gasteiger partial charge in [0, 0.05) is 24.0 Å². The van der Waals surface area contributed by atoms with Gasteiger partial charge in [-0.15, -0.1) is 11.3 Å². The van der Waals surface area contributed by atoms with E-state index < -0.39 is 5.91 Å². The molecule has 2 N–H and O–H groups in total. The Kier molecular flexibility index (Phi) is 4.99. The maximum absolute atomic E-state index is 13.4. The second-order valence-corrected chi connectivity index (χ2v) is 5.03. The SMILES string of the molecule is CCNC(=O)c1nc(C(=O)NCc2ccccc2F)cs1. The number of halogens is 1. The number of rotatable bonds is 5. The van der Waals surface area contributed by atoms with Gasteiger partial charge in [-0.2, -0.15) is 0 Å². The van der Waals surface area contributed by atoms with Crippen molar-refractivity contribution in [2.24, 2.45) is 0 Å². The van der Waals surface area contributed by atoms with Crippen molar-refractivity contribution in [3.63, 3.8) is 0 Å². The molecule has 0 aliphatic rings. The van der Waals surface area contributed by atoms with E-state index in [9.17, 15) is 14.0 Å². The molecule has 0 radical (unpaired) electrons. The van der Waals surface area contributed by atoms with Gasteiger partial charge >= 0.3 is 0 Å². The summed E-state index contributed by atoms with van der Waals surface area (Å²) < 4.78 is 13.4. The summed E-state index contributed by atoms with van der Waals surface area (Å²) in [6, 6.07) is 6.20. The van der Waals surface area contributed by atoms with Crippen molar-refractivity contribution in [3.05, 3.63) is 51.7 Å². The number of carbonyl (C=O) groups is 2. The Hall–Kier alpha value is -2.28. The minimum absolute atomic E-state index is 0.0690. The topological polar surface area (TPSA) is 71.1 Å². The van der Waals surface area contributed by atoms with Crippen LogP contribution < -0.4 is 10.6 Å². The van der Waals surface area contributed by atoms with E-state index in [0.717, 1.165) is 11.3 Å². The molecule has 2 amide bonds. The third-order valence-corrected chi connectivity index (χ3v) is 3.51. The third-order valence-electron chi connectivity index (χ3n) is 2.67. The lowest BCUT2D eigenvalue weighted by Crippen LogP contribution is -2.25. The average Bonchev–Trinajstić information content (AvgIpc) is 2.96. The van der Waals surface area contributed by atoms with Gasteiger partial charge in [0.2, 0.25) is 0 Å². The van der Waals surface area contributed by atoms with Crippen molar-refractivity contribution in [2.45, 2.75) is 13.5 Å². The van der Waals surface area contributed by atoms with Crippen LogP contribution in [0.15, 0.2) is 29.6 Å². The van der Waals surface area contributed by atoms with E-state index in [0.29, 0.717) is 12.1 Å². The molecule has 2 rings (SSSR count). The lowest BCUT2D eigenvalue weighted by molar-refractivity contribution is 0.0946. The lowest BCUT2D eigenvalue weighted by Gasteiger charge is -2.04. The van der Waals surface area contributed by atoms with Gasteiger partial charge in [0.25, 0.3) is 11.8 Å². The van der Waals surface area contributed by atoms with E-state index in [1.807, 2.05) is 0 Å². The maximum Gasteiger partial charge on any atom is 0.280 e. The molecule has 1 aromatic carbocycles. The smallest absolute Gasteiger partial charge is 0.280 e. The van der Waals surface area contributed by atoms with Crippen molar-refractivity contribution < 1.29 is 14.0 Å². The van der Waals surface area contributed by atoms with Gasteiger partial charge in [-0.3, -0.25) is 9.59 Å². The van der Waals surface area contributed by atoms with Gasteiger partial charge in [0.05, 0.1) is 0 Å². The zero-order chi connectivity index (χ0) is 15.2. The summed E-state index contributed by atoms with van der Waals surface area (Å²) in [6.45, 7) is 2.36. The predicted octanol–water partition coefficient (Wildman–Crippen LogP) is 1.96. The molecule has 7 heteroatoms. The van der Waals surface area contributed by atoms with Crippen molar-refractivity contribution in [1.82, 2.24) is 15.6 Å². The molecule has 21 heavy (non-hydrogen) atoms. The summed E-state index contributed by atoms with van der Waals surface area (Å²) in [5.74, 6) is -1.13. The first-order chi connectivity index (χ1) is 10.1. The van der Waals surface area contributed by atoms with E-state index in [4.69, 9.17) is 0 Å². The van der Waals surface area contributed by atoms with Gasteiger partial charge in [0.1, 0.15) is 11.5 Å². The molecule has 0 unspecified atom stereocenters. The maximum atomic E-state index is 13.4. The van der Waals surface area contributed by atoms with Crippen LogP contribution in [0.4, 0.5) is 4.39 Å². The lowest BCUT2D eigenvalue weighted by atomic mass is 10.2. The van der Waals surface area contributed by atoms with E-state index in [1.165, 1.54) is 11.4 Å². The Balaban J connectivity index is 1.98. The Morgan fingerprint density at radius 2 is 2.00 bits per heavy atom. The molecule has 110 valence electrons. The van der Waals surface area contributed by atoms with E-state index >= 15 is 0 Å². The second-order valence-electron chi connectivity index (χ2n) is 4.17. The van der Waals surface area contributed by atoms with Crippen LogP contribution in [-0.4, -0.2) is 23.3 Å². The fraction of sp³-hybridized carbons (Fsp3) is 0.214. The first kappa shape index (κ1) is 15.1. The van der Waals surface area contributed by atoms with Crippen molar-refractivity contribution in [3.8, 4) is 0 Å². The number of benzene rings is 1. The monoisotopic (exact) mass is 307 g/mol. The number of aromatic nitrogens is 1. The van der Waals surface area contributed by atoms with Crippen molar-refractivity contribution >= 4 is 23.2 Å². The molecule has 0 bridgehead atoms. The van der Waals surface area contributed by atoms with E-state index in [-0.39, 0.29) is 29.0 Å². The number of carbonyl (C=O) groups excluding carboxylic acids is 2. The number of thiazole rings is 1. The molecule has 0 saturated carbocycles. The van der Waals surface area contributed by atoms with Crippen LogP contribution in [0.25, 0.3) is 0 Å². The van der Waals surface area contributed by atoms with Crippen LogP contribution in [-0.2, 0) is 6.54 Å². The van der Waals surface area contributed by atoms with Gasteiger partial charge in [-0.1, -0.05) is 18.2 Å². The summed E-state index contributed by atoms with van der Waals surface area (Å²) >= 11 is 1.09. The molecule has 0 atom stereocenters. The second kappa shape index (κ2) is 6.94. The number of hydrogen-bond acceptors (Lipinski definition) is 4. The molecular weight excluding hydrogens is 293 g/mol. The minimum atomic E-state index is -0.440. The normalized spacial score (nSPS) is 10.2. The summed E-state index contributed by atoms with van der Waals surface area (Å²) in [7, 11) is 0. The summed E-state index contributed by atoms with van der Waals surface area (Å²) in [4.78, 5) is 27.4. The van der Waals surface area contributed by atoms with Crippen LogP contribution in [0.3, 0.4) is 0 Å². The largest absolute Gasteiger partial charge is 0.350 e. The van der Waals surface area contributed by atoms with Gasteiger partial charge in [-0.05, 0) is 13.0 Å². The van der Waals surface area contributed by atoms with Gasteiger partial charge < -0.3 is 10.6 Å². The van der Waals surface area contributed by atoms with Gasteiger partial charge in [0.15, 0.2) is 5.01 Å². The number of hydrogen-bond donors (Lipinski definition) is 2. The Labute approximate surface area is 125 Å².